The highest BCUT2D eigenvalue weighted by Gasteiger charge is 2.18. The highest BCUT2D eigenvalue weighted by Crippen LogP contribution is 2.24. The molecule has 2 aromatic rings. The Labute approximate surface area is 117 Å². The zero-order chi connectivity index (χ0) is 14.9. The standard InChI is InChI=1S/C14H15FN2O2S/c1-9-3-6-14(12(16)7-9)20(18,19)17-13-5-4-11(15)8-10(13)2/h3-8,17H,16H2,1-2H3. The van der Waals surface area contributed by atoms with Crippen LogP contribution in [0, 0.1) is 19.7 Å². The molecule has 0 aliphatic carbocycles. The van der Waals surface area contributed by atoms with Crippen LogP contribution in [-0.2, 0) is 10.0 Å². The minimum absolute atomic E-state index is 0.00632. The maximum absolute atomic E-state index is 13.0. The summed E-state index contributed by atoms with van der Waals surface area (Å²) in [6.07, 6.45) is 0. The number of nitrogen functional groups attached to an aromatic ring is 1. The van der Waals surface area contributed by atoms with Gasteiger partial charge in [-0.05, 0) is 55.3 Å². The summed E-state index contributed by atoms with van der Waals surface area (Å²) in [5.74, 6) is -0.416. The van der Waals surface area contributed by atoms with Crippen molar-refractivity contribution in [1.82, 2.24) is 0 Å². The van der Waals surface area contributed by atoms with Crippen LogP contribution in [0.3, 0.4) is 0 Å². The van der Waals surface area contributed by atoms with E-state index in [4.69, 9.17) is 5.73 Å². The molecule has 0 fully saturated rings. The number of halogens is 1. The van der Waals surface area contributed by atoms with Crippen LogP contribution in [0.1, 0.15) is 11.1 Å². The number of rotatable bonds is 3. The highest BCUT2D eigenvalue weighted by molar-refractivity contribution is 7.92. The lowest BCUT2D eigenvalue weighted by Gasteiger charge is -2.12. The van der Waals surface area contributed by atoms with Crippen molar-refractivity contribution in [3.05, 3.63) is 53.3 Å². The molecule has 2 aromatic carbocycles. The SMILES string of the molecule is Cc1ccc(S(=O)(=O)Nc2ccc(F)cc2C)c(N)c1. The molecule has 0 atom stereocenters. The summed E-state index contributed by atoms with van der Waals surface area (Å²) < 4.78 is 40.0. The molecule has 2 rings (SSSR count). The average molecular weight is 294 g/mol. The first-order valence-electron chi connectivity index (χ1n) is 5.95. The van der Waals surface area contributed by atoms with Crippen molar-refractivity contribution >= 4 is 21.4 Å². The number of anilines is 2. The van der Waals surface area contributed by atoms with Crippen LogP contribution in [0.5, 0.6) is 0 Å². The second-order valence-electron chi connectivity index (χ2n) is 4.61. The van der Waals surface area contributed by atoms with Gasteiger partial charge in [0.15, 0.2) is 0 Å². The number of sulfonamides is 1. The van der Waals surface area contributed by atoms with E-state index in [9.17, 15) is 12.8 Å². The second-order valence-corrected chi connectivity index (χ2v) is 6.26. The third-order valence-electron chi connectivity index (χ3n) is 2.89. The van der Waals surface area contributed by atoms with E-state index in [1.807, 2.05) is 6.92 Å². The molecule has 6 heteroatoms. The van der Waals surface area contributed by atoms with Gasteiger partial charge < -0.3 is 5.73 Å². The van der Waals surface area contributed by atoms with Crippen LogP contribution in [0.2, 0.25) is 0 Å². The van der Waals surface area contributed by atoms with Gasteiger partial charge in [0.25, 0.3) is 10.0 Å². The molecule has 20 heavy (non-hydrogen) atoms. The molecule has 0 unspecified atom stereocenters. The maximum atomic E-state index is 13.0. The quantitative estimate of drug-likeness (QED) is 0.855. The molecule has 0 bridgehead atoms. The molecule has 3 N–H and O–H groups in total. The van der Waals surface area contributed by atoms with Gasteiger partial charge in [-0.2, -0.15) is 0 Å². The smallest absolute Gasteiger partial charge is 0.263 e. The lowest BCUT2D eigenvalue weighted by atomic mass is 10.2. The van der Waals surface area contributed by atoms with E-state index in [0.717, 1.165) is 5.56 Å². The molecular formula is C14H15FN2O2S. The summed E-state index contributed by atoms with van der Waals surface area (Å²) in [4.78, 5) is 0.00632. The summed E-state index contributed by atoms with van der Waals surface area (Å²) in [6.45, 7) is 3.45. The van der Waals surface area contributed by atoms with Crippen molar-refractivity contribution in [2.75, 3.05) is 10.5 Å². The van der Waals surface area contributed by atoms with Gasteiger partial charge in [-0.3, -0.25) is 4.72 Å². The van der Waals surface area contributed by atoms with Crippen LogP contribution < -0.4 is 10.5 Å². The molecule has 0 aliphatic heterocycles. The summed E-state index contributed by atoms with van der Waals surface area (Å²) in [5, 5.41) is 0. The molecule has 0 aromatic heterocycles. The maximum Gasteiger partial charge on any atom is 0.263 e. The van der Waals surface area contributed by atoms with Gasteiger partial charge in [0.05, 0.1) is 11.4 Å². The molecule has 0 aliphatic rings. The fraction of sp³-hybridized carbons (Fsp3) is 0.143. The largest absolute Gasteiger partial charge is 0.398 e. The second kappa shape index (κ2) is 5.13. The first-order chi connectivity index (χ1) is 9.29. The number of aryl methyl sites for hydroxylation is 2. The zero-order valence-electron chi connectivity index (χ0n) is 11.1. The molecule has 0 spiro atoms. The van der Waals surface area contributed by atoms with E-state index in [1.165, 1.54) is 24.3 Å². The number of nitrogens with one attached hydrogen (secondary N) is 1. The third kappa shape index (κ3) is 2.91. The van der Waals surface area contributed by atoms with Gasteiger partial charge >= 0.3 is 0 Å². The van der Waals surface area contributed by atoms with Gasteiger partial charge in [-0.15, -0.1) is 0 Å². The van der Waals surface area contributed by atoms with Gasteiger partial charge in [-0.1, -0.05) is 6.07 Å². The monoisotopic (exact) mass is 294 g/mol. The Morgan fingerprint density at radius 3 is 2.40 bits per heavy atom. The molecular weight excluding hydrogens is 279 g/mol. The van der Waals surface area contributed by atoms with E-state index < -0.39 is 15.8 Å². The first kappa shape index (κ1) is 14.3. The van der Waals surface area contributed by atoms with E-state index in [0.29, 0.717) is 11.3 Å². The molecule has 0 radical (unpaired) electrons. The predicted molar refractivity (Wildman–Crippen MR) is 77.5 cm³/mol. The van der Waals surface area contributed by atoms with E-state index in [-0.39, 0.29) is 10.6 Å². The summed E-state index contributed by atoms with van der Waals surface area (Å²) in [6, 6.07) is 8.55. The van der Waals surface area contributed by atoms with Crippen molar-refractivity contribution in [2.24, 2.45) is 0 Å². The summed E-state index contributed by atoms with van der Waals surface area (Å²) in [7, 11) is -3.79. The lowest BCUT2D eigenvalue weighted by molar-refractivity contribution is 0.601. The Hall–Kier alpha value is -2.08. The number of nitrogens with two attached hydrogens (primary N) is 1. The average Bonchev–Trinajstić information content (AvgIpc) is 2.32. The fourth-order valence-electron chi connectivity index (χ4n) is 1.85. The number of hydrogen-bond donors (Lipinski definition) is 2. The van der Waals surface area contributed by atoms with Crippen molar-refractivity contribution in [1.29, 1.82) is 0 Å². The van der Waals surface area contributed by atoms with Gasteiger partial charge in [-0.25, -0.2) is 12.8 Å². The molecule has 0 heterocycles. The Balaban J connectivity index is 2.41. The van der Waals surface area contributed by atoms with Crippen LogP contribution >= 0.6 is 0 Å². The number of benzene rings is 2. The normalized spacial score (nSPS) is 11.3. The Morgan fingerprint density at radius 1 is 1.10 bits per heavy atom. The first-order valence-corrected chi connectivity index (χ1v) is 7.43. The van der Waals surface area contributed by atoms with Crippen LogP contribution in [-0.4, -0.2) is 8.42 Å². The van der Waals surface area contributed by atoms with Crippen LogP contribution in [0.4, 0.5) is 15.8 Å². The number of hydrogen-bond acceptors (Lipinski definition) is 3. The van der Waals surface area contributed by atoms with Crippen LogP contribution in [0.15, 0.2) is 41.3 Å². The van der Waals surface area contributed by atoms with Crippen molar-refractivity contribution < 1.29 is 12.8 Å². The minimum Gasteiger partial charge on any atom is -0.398 e. The van der Waals surface area contributed by atoms with Gasteiger partial charge in [0, 0.05) is 0 Å². The highest BCUT2D eigenvalue weighted by atomic mass is 32.2. The third-order valence-corrected chi connectivity index (χ3v) is 4.33. The van der Waals surface area contributed by atoms with Crippen molar-refractivity contribution in [3.8, 4) is 0 Å². The zero-order valence-corrected chi connectivity index (χ0v) is 12.0. The predicted octanol–water partition coefficient (Wildman–Crippen LogP) is 2.83. The van der Waals surface area contributed by atoms with Gasteiger partial charge in [0.1, 0.15) is 10.7 Å². The molecule has 0 amide bonds. The summed E-state index contributed by atoms with van der Waals surface area (Å²) in [5.41, 5.74) is 7.62. The fourth-order valence-corrected chi connectivity index (χ4v) is 3.10. The summed E-state index contributed by atoms with van der Waals surface area (Å²) >= 11 is 0. The van der Waals surface area contributed by atoms with Crippen molar-refractivity contribution in [3.63, 3.8) is 0 Å². The molecule has 106 valence electrons. The molecule has 0 saturated heterocycles. The minimum atomic E-state index is -3.79. The lowest BCUT2D eigenvalue weighted by Crippen LogP contribution is -2.15. The molecule has 0 saturated carbocycles. The Bertz CT molecular complexity index is 758. The van der Waals surface area contributed by atoms with Crippen molar-refractivity contribution in [2.45, 2.75) is 18.7 Å². The van der Waals surface area contributed by atoms with E-state index in [2.05, 4.69) is 4.72 Å². The van der Waals surface area contributed by atoms with Crippen LogP contribution in [0.25, 0.3) is 0 Å². The van der Waals surface area contributed by atoms with E-state index in [1.54, 1.807) is 19.1 Å². The van der Waals surface area contributed by atoms with E-state index >= 15 is 0 Å². The topological polar surface area (TPSA) is 72.2 Å². The Kier molecular flexibility index (Phi) is 3.67. The Morgan fingerprint density at radius 2 is 1.80 bits per heavy atom. The molecule has 4 nitrogen and oxygen atoms in total. The van der Waals surface area contributed by atoms with Gasteiger partial charge in [0.2, 0.25) is 0 Å².